The van der Waals surface area contributed by atoms with Gasteiger partial charge in [-0.3, -0.25) is 4.79 Å². The van der Waals surface area contributed by atoms with Crippen molar-refractivity contribution in [1.29, 1.82) is 0 Å². The van der Waals surface area contributed by atoms with Gasteiger partial charge in [-0.1, -0.05) is 11.6 Å². The molecule has 22 heavy (non-hydrogen) atoms. The smallest absolute Gasteiger partial charge is 0.252 e. The zero-order valence-corrected chi connectivity index (χ0v) is 16.0. The van der Waals surface area contributed by atoms with Crippen LogP contribution < -0.4 is 14.8 Å². The number of benzene rings is 1. The van der Waals surface area contributed by atoms with E-state index in [9.17, 15) is 4.79 Å². The lowest BCUT2D eigenvalue weighted by atomic mass is 10.1. The highest BCUT2D eigenvalue weighted by atomic mass is 127. The third-order valence-corrected chi connectivity index (χ3v) is 5.39. The Kier molecular flexibility index (Phi) is 5.94. The lowest BCUT2D eigenvalue weighted by Crippen LogP contribution is -2.26. The molecule has 0 aliphatic rings. The van der Waals surface area contributed by atoms with E-state index in [-0.39, 0.29) is 11.9 Å². The van der Waals surface area contributed by atoms with Crippen molar-refractivity contribution in [2.24, 2.45) is 0 Å². The zero-order valence-electron chi connectivity index (χ0n) is 12.3. The Labute approximate surface area is 151 Å². The lowest BCUT2D eigenvalue weighted by Gasteiger charge is -2.15. The fourth-order valence-electron chi connectivity index (χ4n) is 1.93. The summed E-state index contributed by atoms with van der Waals surface area (Å²) in [6.07, 6.45) is 0. The SMILES string of the molecule is COc1cc(I)c(C(=O)NC(C)c2ccc(Cl)s2)cc1OC. The molecule has 1 unspecified atom stereocenters. The first-order valence-electron chi connectivity index (χ1n) is 6.44. The minimum atomic E-state index is -0.164. The molecule has 0 aliphatic heterocycles. The number of methoxy groups -OCH3 is 2. The summed E-state index contributed by atoms with van der Waals surface area (Å²) in [5, 5.41) is 2.97. The molecule has 2 rings (SSSR count). The van der Waals surface area contributed by atoms with Crippen LogP contribution in [-0.2, 0) is 0 Å². The van der Waals surface area contributed by atoms with Crippen LogP contribution in [0.25, 0.3) is 0 Å². The highest BCUT2D eigenvalue weighted by Crippen LogP contribution is 2.32. The largest absolute Gasteiger partial charge is 0.493 e. The molecular formula is C15H15ClINO3S. The zero-order chi connectivity index (χ0) is 16.3. The van der Waals surface area contributed by atoms with E-state index in [4.69, 9.17) is 21.1 Å². The molecule has 1 aromatic heterocycles. The third-order valence-electron chi connectivity index (χ3n) is 3.09. The second-order valence-electron chi connectivity index (χ2n) is 4.52. The number of hydrogen-bond acceptors (Lipinski definition) is 4. The summed E-state index contributed by atoms with van der Waals surface area (Å²) in [5.41, 5.74) is 0.549. The Bertz CT molecular complexity index is 689. The fraction of sp³-hybridized carbons (Fsp3) is 0.267. The Morgan fingerprint density at radius 2 is 1.91 bits per heavy atom. The molecule has 1 N–H and O–H groups in total. The Morgan fingerprint density at radius 1 is 1.27 bits per heavy atom. The number of amides is 1. The summed E-state index contributed by atoms with van der Waals surface area (Å²) in [7, 11) is 3.11. The molecule has 0 fully saturated rings. The minimum absolute atomic E-state index is 0.117. The average molecular weight is 452 g/mol. The molecule has 0 bridgehead atoms. The van der Waals surface area contributed by atoms with Crippen molar-refractivity contribution < 1.29 is 14.3 Å². The monoisotopic (exact) mass is 451 g/mol. The van der Waals surface area contributed by atoms with Gasteiger partial charge in [0.15, 0.2) is 11.5 Å². The maximum atomic E-state index is 12.5. The maximum Gasteiger partial charge on any atom is 0.252 e. The molecule has 0 saturated heterocycles. The third kappa shape index (κ3) is 3.85. The van der Waals surface area contributed by atoms with E-state index in [2.05, 4.69) is 27.9 Å². The van der Waals surface area contributed by atoms with Gasteiger partial charge in [0.25, 0.3) is 5.91 Å². The molecule has 1 aromatic carbocycles. The summed E-state index contributed by atoms with van der Waals surface area (Å²) >= 11 is 9.49. The number of nitrogens with one attached hydrogen (secondary N) is 1. The molecule has 0 aliphatic carbocycles. The first-order valence-corrected chi connectivity index (χ1v) is 8.71. The van der Waals surface area contributed by atoms with Crippen molar-refractivity contribution in [3.8, 4) is 11.5 Å². The van der Waals surface area contributed by atoms with Crippen LogP contribution in [-0.4, -0.2) is 20.1 Å². The van der Waals surface area contributed by atoms with Crippen LogP contribution in [0.3, 0.4) is 0 Å². The van der Waals surface area contributed by atoms with Crippen LogP contribution in [0, 0.1) is 3.57 Å². The summed E-state index contributed by atoms with van der Waals surface area (Å²) < 4.78 is 12.0. The maximum absolute atomic E-state index is 12.5. The quantitative estimate of drug-likeness (QED) is 0.680. The Hall–Kier alpha value is -0.990. The predicted molar refractivity (Wildman–Crippen MR) is 97.5 cm³/mol. The van der Waals surface area contributed by atoms with Gasteiger partial charge < -0.3 is 14.8 Å². The van der Waals surface area contributed by atoms with Crippen LogP contribution in [0.2, 0.25) is 4.34 Å². The summed E-state index contributed by atoms with van der Waals surface area (Å²) in [6, 6.07) is 7.08. The second-order valence-corrected chi connectivity index (χ2v) is 7.43. The predicted octanol–water partition coefficient (Wildman–Crippen LogP) is 4.51. The van der Waals surface area contributed by atoms with Crippen molar-refractivity contribution in [3.05, 3.63) is 42.6 Å². The molecule has 1 atom stereocenters. The molecule has 7 heteroatoms. The standard InChI is InChI=1S/C15H15ClINO3S/c1-8(13-4-5-14(16)22-13)18-15(19)9-6-11(20-2)12(21-3)7-10(9)17/h4-8H,1-3H3,(H,18,19). The van der Waals surface area contributed by atoms with E-state index in [1.165, 1.54) is 11.3 Å². The van der Waals surface area contributed by atoms with Gasteiger partial charge in [-0.05, 0) is 53.8 Å². The first-order chi connectivity index (χ1) is 10.5. The molecule has 0 spiro atoms. The van der Waals surface area contributed by atoms with Crippen LogP contribution in [0.15, 0.2) is 24.3 Å². The van der Waals surface area contributed by atoms with E-state index in [1.807, 2.05) is 19.1 Å². The lowest BCUT2D eigenvalue weighted by molar-refractivity contribution is 0.0939. The second kappa shape index (κ2) is 7.52. The number of carbonyl (C=O) groups excluding carboxylic acids is 1. The van der Waals surface area contributed by atoms with Crippen LogP contribution in [0.1, 0.15) is 28.2 Å². The van der Waals surface area contributed by atoms with Gasteiger partial charge in [0, 0.05) is 8.45 Å². The fourth-order valence-corrected chi connectivity index (χ4v) is 3.68. The van der Waals surface area contributed by atoms with E-state index in [1.54, 1.807) is 26.4 Å². The summed E-state index contributed by atoms with van der Waals surface area (Å²) in [4.78, 5) is 13.5. The van der Waals surface area contributed by atoms with Crippen molar-refractivity contribution >= 4 is 51.4 Å². The molecular weight excluding hydrogens is 437 g/mol. The number of rotatable bonds is 5. The Morgan fingerprint density at radius 3 is 2.45 bits per heavy atom. The highest BCUT2D eigenvalue weighted by Gasteiger charge is 2.18. The highest BCUT2D eigenvalue weighted by molar-refractivity contribution is 14.1. The Balaban J connectivity index is 2.22. The number of carbonyl (C=O) groups is 1. The molecule has 0 radical (unpaired) electrons. The van der Waals surface area contributed by atoms with Crippen LogP contribution in [0.5, 0.6) is 11.5 Å². The van der Waals surface area contributed by atoms with Gasteiger partial charge in [0.1, 0.15) is 0 Å². The molecule has 4 nitrogen and oxygen atoms in total. The van der Waals surface area contributed by atoms with Crippen molar-refractivity contribution in [1.82, 2.24) is 5.32 Å². The van der Waals surface area contributed by atoms with Crippen LogP contribution >= 0.6 is 45.5 Å². The number of hydrogen-bond donors (Lipinski definition) is 1. The van der Waals surface area contributed by atoms with Crippen LogP contribution in [0.4, 0.5) is 0 Å². The van der Waals surface area contributed by atoms with E-state index < -0.39 is 0 Å². The molecule has 1 amide bonds. The van der Waals surface area contributed by atoms with Crippen molar-refractivity contribution in [2.75, 3.05) is 14.2 Å². The van der Waals surface area contributed by atoms with Gasteiger partial charge in [-0.25, -0.2) is 0 Å². The molecule has 0 saturated carbocycles. The first kappa shape index (κ1) is 17.4. The van der Waals surface area contributed by atoms with Crippen molar-refractivity contribution in [2.45, 2.75) is 13.0 Å². The van der Waals surface area contributed by atoms with Gasteiger partial charge in [0.05, 0.1) is 30.2 Å². The van der Waals surface area contributed by atoms with Gasteiger partial charge in [-0.15, -0.1) is 11.3 Å². The van der Waals surface area contributed by atoms with E-state index in [0.717, 1.165) is 8.45 Å². The topological polar surface area (TPSA) is 47.6 Å². The van der Waals surface area contributed by atoms with Crippen molar-refractivity contribution in [3.63, 3.8) is 0 Å². The number of thiophene rings is 1. The normalized spacial score (nSPS) is 11.9. The molecule has 118 valence electrons. The van der Waals surface area contributed by atoms with Gasteiger partial charge in [0.2, 0.25) is 0 Å². The summed E-state index contributed by atoms with van der Waals surface area (Å²) in [6.45, 7) is 1.92. The number of ether oxygens (including phenoxy) is 2. The minimum Gasteiger partial charge on any atom is -0.493 e. The van der Waals surface area contributed by atoms with Gasteiger partial charge in [-0.2, -0.15) is 0 Å². The number of halogens is 2. The van der Waals surface area contributed by atoms with Gasteiger partial charge >= 0.3 is 0 Å². The molecule has 1 heterocycles. The summed E-state index contributed by atoms with van der Waals surface area (Å²) in [5.74, 6) is 0.962. The average Bonchev–Trinajstić information content (AvgIpc) is 2.93. The molecule has 2 aromatic rings. The van der Waals surface area contributed by atoms with E-state index >= 15 is 0 Å². The van der Waals surface area contributed by atoms with E-state index in [0.29, 0.717) is 21.4 Å².